The Morgan fingerprint density at radius 2 is 1.28 bits per heavy atom. The predicted molar refractivity (Wildman–Crippen MR) is 98.9 cm³/mol. The third-order valence-corrected chi connectivity index (χ3v) is 5.89. The van der Waals surface area contributed by atoms with E-state index >= 15 is 0 Å². The minimum Gasteiger partial charge on any atom is -0.744 e. The topological polar surface area (TPSA) is 201 Å². The molecule has 29 heavy (non-hydrogen) atoms. The first-order valence-corrected chi connectivity index (χ1v) is 10.7. The maximum Gasteiger partial charge on any atom is 0.270 e. The Hall–Kier alpha value is -2.72. The molecular weight excluding hydrogens is 500 g/mol. The van der Waals surface area contributed by atoms with Crippen molar-refractivity contribution in [1.29, 1.82) is 0 Å². The lowest BCUT2D eigenvalue weighted by Gasteiger charge is -2.14. The molecule has 2 aromatic carbocycles. The fourth-order valence-electron chi connectivity index (χ4n) is 2.22. The van der Waals surface area contributed by atoms with Gasteiger partial charge in [-0.2, -0.15) is 0 Å². The summed E-state index contributed by atoms with van der Waals surface area (Å²) in [5.41, 5.74) is -2.05. The number of rotatable bonds is 6. The van der Waals surface area contributed by atoms with Crippen molar-refractivity contribution in [3.05, 3.63) is 67.8 Å². The highest BCUT2D eigenvalue weighted by Crippen LogP contribution is 2.34. The van der Waals surface area contributed by atoms with Crippen molar-refractivity contribution in [2.45, 2.75) is 9.79 Å². The van der Waals surface area contributed by atoms with Gasteiger partial charge in [-0.1, -0.05) is 15.9 Å². The van der Waals surface area contributed by atoms with Gasteiger partial charge in [0.1, 0.15) is 20.2 Å². The molecule has 0 saturated heterocycles. The largest absolute Gasteiger partial charge is 0.744 e. The van der Waals surface area contributed by atoms with Gasteiger partial charge in [0.15, 0.2) is 0 Å². The van der Waals surface area contributed by atoms with Crippen LogP contribution in [0.1, 0.15) is 11.1 Å². The lowest BCUT2D eigenvalue weighted by atomic mass is 10.1. The number of hydrogen-bond acceptors (Lipinski definition) is 10. The van der Waals surface area contributed by atoms with Crippen LogP contribution in [0, 0.1) is 20.2 Å². The number of nitrogens with zero attached hydrogens (tertiary/aromatic N) is 2. The standard InChI is InChI=1S/C14H9BrN2O10S2/c15-12(11-4-3-10(17(20)21)7-14(11)29(25,26)27)5-8-1-2-9(16(18)19)6-13(8)28(22,23)24/h1-7H,(H,22,23,24)(H,25,26,27)/p-2/b12-5+. The molecule has 154 valence electrons. The number of hydrogen-bond donors (Lipinski definition) is 0. The summed E-state index contributed by atoms with van der Waals surface area (Å²) in [5, 5.41) is 21.6. The number of benzene rings is 2. The van der Waals surface area contributed by atoms with Crippen LogP contribution in [0.2, 0.25) is 0 Å². The maximum absolute atomic E-state index is 11.5. The summed E-state index contributed by atoms with van der Waals surface area (Å²) < 4.78 is 68.6. The Morgan fingerprint density at radius 3 is 1.72 bits per heavy atom. The normalized spacial score (nSPS) is 12.6. The number of nitro groups is 2. The van der Waals surface area contributed by atoms with Gasteiger partial charge in [0.25, 0.3) is 11.4 Å². The monoisotopic (exact) mass is 506 g/mol. The van der Waals surface area contributed by atoms with Gasteiger partial charge >= 0.3 is 0 Å². The summed E-state index contributed by atoms with van der Waals surface area (Å²) in [4.78, 5) is 17.9. The molecule has 2 rings (SSSR count). The van der Waals surface area contributed by atoms with Gasteiger partial charge in [-0.25, -0.2) is 16.8 Å². The van der Waals surface area contributed by atoms with E-state index in [1.165, 1.54) is 0 Å². The lowest BCUT2D eigenvalue weighted by Crippen LogP contribution is -2.04. The Morgan fingerprint density at radius 1 is 0.828 bits per heavy atom. The molecule has 15 heteroatoms. The molecule has 0 atom stereocenters. The van der Waals surface area contributed by atoms with E-state index < -0.39 is 51.2 Å². The van der Waals surface area contributed by atoms with Crippen LogP contribution in [0.25, 0.3) is 10.6 Å². The highest BCUT2D eigenvalue weighted by atomic mass is 79.9. The fraction of sp³-hybridized carbons (Fsp3) is 0. The molecule has 12 nitrogen and oxygen atoms in total. The van der Waals surface area contributed by atoms with Crippen molar-refractivity contribution in [1.82, 2.24) is 0 Å². The Labute approximate surface area is 171 Å². The highest BCUT2D eigenvalue weighted by Gasteiger charge is 2.19. The van der Waals surface area contributed by atoms with Crippen LogP contribution in [-0.2, 0) is 20.2 Å². The van der Waals surface area contributed by atoms with E-state index in [1.54, 1.807) is 0 Å². The van der Waals surface area contributed by atoms with Crippen molar-refractivity contribution >= 4 is 58.1 Å². The SMILES string of the molecule is O=[N+]([O-])c1ccc(/C=C(/Br)c2ccc([N+](=O)[O-])cc2S(=O)(=O)[O-])c(S(=O)(=O)[O-])c1. The lowest BCUT2D eigenvalue weighted by molar-refractivity contribution is -0.385. The van der Waals surface area contributed by atoms with Gasteiger partial charge in [-0.05, 0) is 23.8 Å². The third-order valence-electron chi connectivity index (χ3n) is 3.46. The van der Waals surface area contributed by atoms with E-state index in [1.807, 2.05) is 0 Å². The van der Waals surface area contributed by atoms with Crippen LogP contribution < -0.4 is 0 Å². The summed E-state index contributed by atoms with van der Waals surface area (Å²) in [5.74, 6) is 0. The van der Waals surface area contributed by atoms with Crippen LogP contribution in [0.5, 0.6) is 0 Å². The molecule has 0 amide bonds. The van der Waals surface area contributed by atoms with Crippen molar-refractivity contribution in [3.8, 4) is 0 Å². The zero-order chi connectivity index (χ0) is 22.1. The molecule has 0 saturated carbocycles. The molecule has 0 spiro atoms. The van der Waals surface area contributed by atoms with Gasteiger partial charge in [0, 0.05) is 34.3 Å². The predicted octanol–water partition coefficient (Wildman–Crippen LogP) is 2.20. The van der Waals surface area contributed by atoms with Gasteiger partial charge in [0.2, 0.25) is 0 Å². The molecule has 2 aromatic rings. The summed E-state index contributed by atoms with van der Waals surface area (Å²) in [7, 11) is -10.3. The summed E-state index contributed by atoms with van der Waals surface area (Å²) in [6.07, 6.45) is 0.935. The van der Waals surface area contributed by atoms with E-state index in [9.17, 15) is 46.2 Å². The molecule has 0 unspecified atom stereocenters. The van der Waals surface area contributed by atoms with Crippen molar-refractivity contribution in [2.24, 2.45) is 0 Å². The van der Waals surface area contributed by atoms with E-state index in [0.717, 1.165) is 30.3 Å². The molecule has 0 fully saturated rings. The fourth-order valence-corrected chi connectivity index (χ4v) is 4.33. The molecule has 0 aliphatic heterocycles. The van der Waals surface area contributed by atoms with Crippen LogP contribution in [0.3, 0.4) is 0 Å². The average molecular weight is 507 g/mol. The molecule has 0 aromatic heterocycles. The molecule has 0 aliphatic rings. The second-order valence-corrected chi connectivity index (χ2v) is 8.87. The van der Waals surface area contributed by atoms with Crippen molar-refractivity contribution < 1.29 is 35.8 Å². The van der Waals surface area contributed by atoms with Crippen molar-refractivity contribution in [2.75, 3.05) is 0 Å². The van der Waals surface area contributed by atoms with E-state index in [2.05, 4.69) is 15.9 Å². The molecular formula is C14H7BrN2O10S2-2. The molecule has 0 heterocycles. The summed E-state index contributed by atoms with van der Waals surface area (Å²) >= 11 is 2.93. The quantitative estimate of drug-likeness (QED) is 0.241. The summed E-state index contributed by atoms with van der Waals surface area (Å²) in [6, 6.07) is 4.71. The first kappa shape index (κ1) is 22.6. The molecule has 0 radical (unpaired) electrons. The first-order chi connectivity index (χ1) is 13.2. The minimum atomic E-state index is -5.18. The van der Waals surface area contributed by atoms with Crippen LogP contribution in [0.15, 0.2) is 46.2 Å². The second kappa shape index (κ2) is 7.96. The minimum absolute atomic E-state index is 0.222. The maximum atomic E-state index is 11.5. The zero-order valence-corrected chi connectivity index (χ0v) is 16.9. The van der Waals surface area contributed by atoms with Crippen LogP contribution in [0.4, 0.5) is 11.4 Å². The molecule has 0 aliphatic carbocycles. The van der Waals surface area contributed by atoms with Gasteiger partial charge in [0.05, 0.1) is 19.6 Å². The van der Waals surface area contributed by atoms with Gasteiger partial charge < -0.3 is 9.11 Å². The van der Waals surface area contributed by atoms with E-state index in [4.69, 9.17) is 0 Å². The third kappa shape index (κ3) is 5.21. The highest BCUT2D eigenvalue weighted by molar-refractivity contribution is 9.15. The number of nitro benzene ring substituents is 2. The van der Waals surface area contributed by atoms with Crippen LogP contribution >= 0.6 is 15.9 Å². The van der Waals surface area contributed by atoms with Gasteiger partial charge in [-0.15, -0.1) is 0 Å². The number of non-ortho nitro benzene ring substituents is 2. The molecule has 0 N–H and O–H groups in total. The second-order valence-electron chi connectivity index (χ2n) is 5.32. The Bertz CT molecular complexity index is 1270. The van der Waals surface area contributed by atoms with Gasteiger partial charge in [-0.3, -0.25) is 20.2 Å². The Kier molecular flexibility index (Phi) is 6.19. The van der Waals surface area contributed by atoms with E-state index in [0.29, 0.717) is 12.1 Å². The van der Waals surface area contributed by atoms with E-state index in [-0.39, 0.29) is 15.6 Å². The number of halogens is 1. The Balaban J connectivity index is 2.75. The smallest absolute Gasteiger partial charge is 0.270 e. The molecule has 0 bridgehead atoms. The first-order valence-electron chi connectivity index (χ1n) is 7.08. The average Bonchev–Trinajstić information content (AvgIpc) is 2.59. The van der Waals surface area contributed by atoms with Crippen LogP contribution in [-0.4, -0.2) is 35.8 Å². The van der Waals surface area contributed by atoms with Crippen molar-refractivity contribution in [3.63, 3.8) is 0 Å². The zero-order valence-electron chi connectivity index (χ0n) is 13.7. The summed E-state index contributed by atoms with van der Waals surface area (Å²) in [6.45, 7) is 0.